The van der Waals surface area contributed by atoms with Crippen LogP contribution in [0.3, 0.4) is 0 Å². The van der Waals surface area contributed by atoms with E-state index in [2.05, 4.69) is 9.71 Å². The normalized spacial score (nSPS) is 12.9. The van der Waals surface area contributed by atoms with Crippen LogP contribution >= 0.6 is 0 Å². The highest BCUT2D eigenvalue weighted by Gasteiger charge is 2.25. The Bertz CT molecular complexity index is 484. The van der Waals surface area contributed by atoms with Crippen molar-refractivity contribution in [3.8, 4) is 0 Å². The topological polar surface area (TPSA) is 90.0 Å². The molecule has 0 aromatic carbocycles. The molecule has 3 N–H and O–H groups in total. The van der Waals surface area contributed by atoms with Gasteiger partial charge in [-0.05, 0) is 19.8 Å². The maximum atomic E-state index is 12.0. The molecule has 104 valence electrons. The van der Waals surface area contributed by atoms with Crippen LogP contribution in [0.1, 0.15) is 32.5 Å². The molecule has 0 amide bonds. The van der Waals surface area contributed by atoms with Crippen LogP contribution in [-0.2, 0) is 17.1 Å². The molecular weight excluding hydrogens is 252 g/mol. The molecule has 1 aromatic rings. The van der Waals surface area contributed by atoms with E-state index in [0.29, 0.717) is 18.7 Å². The molecule has 0 atom stereocenters. The Kier molecular flexibility index (Phi) is 4.52. The van der Waals surface area contributed by atoms with Crippen LogP contribution in [0.2, 0.25) is 0 Å². The summed E-state index contributed by atoms with van der Waals surface area (Å²) in [5, 5.41) is 0.0389. The Labute approximate surface area is 109 Å². The van der Waals surface area contributed by atoms with Crippen molar-refractivity contribution in [1.82, 2.24) is 14.3 Å². The number of aromatic nitrogens is 2. The van der Waals surface area contributed by atoms with Gasteiger partial charge in [0.25, 0.3) is 10.0 Å². The molecule has 0 aliphatic heterocycles. The minimum atomic E-state index is -3.58. The van der Waals surface area contributed by atoms with Gasteiger partial charge in [-0.15, -0.1) is 0 Å². The third-order valence-corrected chi connectivity index (χ3v) is 4.66. The van der Waals surface area contributed by atoms with Gasteiger partial charge in [-0.2, -0.15) is 0 Å². The van der Waals surface area contributed by atoms with Crippen molar-refractivity contribution < 1.29 is 8.42 Å². The number of nitrogens with zero attached hydrogens (tertiary/aromatic N) is 2. The number of hydrogen-bond acceptors (Lipinski definition) is 4. The van der Waals surface area contributed by atoms with Gasteiger partial charge in [-0.1, -0.05) is 13.8 Å². The van der Waals surface area contributed by atoms with Gasteiger partial charge in [0.05, 0.1) is 0 Å². The van der Waals surface area contributed by atoms with Crippen LogP contribution < -0.4 is 10.5 Å². The van der Waals surface area contributed by atoms with Crippen LogP contribution in [-0.4, -0.2) is 30.1 Å². The second-order valence-electron chi connectivity index (χ2n) is 4.63. The molecule has 0 fully saturated rings. The Hall–Kier alpha value is -0.920. The standard InChI is InChI=1S/C11H22N4O2S/c1-5-11(12,6-2)8-13-18(16,17)10-7-15(4)9(3)14-10/h7,13H,5-6,8,12H2,1-4H3. The lowest BCUT2D eigenvalue weighted by Crippen LogP contribution is -2.49. The van der Waals surface area contributed by atoms with Crippen LogP contribution in [0.15, 0.2) is 11.2 Å². The predicted molar refractivity (Wildman–Crippen MR) is 70.6 cm³/mol. The number of nitrogens with one attached hydrogen (secondary N) is 1. The third kappa shape index (κ3) is 3.30. The largest absolute Gasteiger partial charge is 0.337 e. The fourth-order valence-electron chi connectivity index (χ4n) is 1.47. The molecule has 1 rings (SSSR count). The molecule has 0 spiro atoms. The Morgan fingerprint density at radius 1 is 1.44 bits per heavy atom. The fourth-order valence-corrected chi connectivity index (χ4v) is 2.64. The van der Waals surface area contributed by atoms with E-state index in [1.807, 2.05) is 13.8 Å². The monoisotopic (exact) mass is 274 g/mol. The second-order valence-corrected chi connectivity index (χ2v) is 6.35. The first-order chi connectivity index (χ1) is 8.24. The molecule has 0 saturated heterocycles. The summed E-state index contributed by atoms with van der Waals surface area (Å²) >= 11 is 0. The average Bonchev–Trinajstić information content (AvgIpc) is 2.68. The number of aryl methyl sites for hydroxylation is 2. The minimum absolute atomic E-state index is 0.0389. The van der Waals surface area contributed by atoms with Crippen LogP contribution in [0.4, 0.5) is 0 Å². The molecule has 1 aromatic heterocycles. The van der Waals surface area contributed by atoms with Crippen molar-refractivity contribution in [3.05, 3.63) is 12.0 Å². The molecule has 6 nitrogen and oxygen atoms in total. The van der Waals surface area contributed by atoms with E-state index in [4.69, 9.17) is 5.73 Å². The van der Waals surface area contributed by atoms with Crippen molar-refractivity contribution >= 4 is 10.0 Å². The molecule has 0 bridgehead atoms. The van der Waals surface area contributed by atoms with Crippen molar-refractivity contribution in [2.75, 3.05) is 6.54 Å². The van der Waals surface area contributed by atoms with Gasteiger partial charge >= 0.3 is 0 Å². The molecule has 0 aliphatic rings. The maximum Gasteiger partial charge on any atom is 0.259 e. The molecule has 0 unspecified atom stereocenters. The van der Waals surface area contributed by atoms with E-state index in [1.54, 1.807) is 18.5 Å². The summed E-state index contributed by atoms with van der Waals surface area (Å²) < 4.78 is 28.3. The Balaban J connectivity index is 2.83. The number of sulfonamides is 1. The van der Waals surface area contributed by atoms with Gasteiger partial charge in [-0.25, -0.2) is 18.1 Å². The average molecular weight is 274 g/mol. The molecule has 0 saturated carbocycles. The van der Waals surface area contributed by atoms with E-state index in [0.717, 1.165) is 0 Å². The second kappa shape index (κ2) is 5.38. The summed E-state index contributed by atoms with van der Waals surface area (Å²) in [6.45, 7) is 5.87. The first-order valence-corrected chi connectivity index (χ1v) is 7.51. The molecule has 1 heterocycles. The van der Waals surface area contributed by atoms with Crippen LogP contribution in [0, 0.1) is 6.92 Å². The summed E-state index contributed by atoms with van der Waals surface area (Å²) in [5.41, 5.74) is 5.56. The summed E-state index contributed by atoms with van der Waals surface area (Å²) in [6, 6.07) is 0. The van der Waals surface area contributed by atoms with E-state index < -0.39 is 15.6 Å². The molecule has 18 heavy (non-hydrogen) atoms. The quantitative estimate of drug-likeness (QED) is 0.791. The van der Waals surface area contributed by atoms with E-state index >= 15 is 0 Å². The van der Waals surface area contributed by atoms with Gasteiger partial charge in [0.1, 0.15) is 5.82 Å². The summed E-state index contributed by atoms with van der Waals surface area (Å²) in [7, 11) is -1.82. The zero-order chi connectivity index (χ0) is 14.0. The molecule has 0 radical (unpaired) electrons. The van der Waals surface area contributed by atoms with Gasteiger partial charge in [0.2, 0.25) is 0 Å². The number of imidazole rings is 1. The van der Waals surface area contributed by atoms with E-state index in [-0.39, 0.29) is 11.6 Å². The third-order valence-electron chi connectivity index (χ3n) is 3.38. The lowest BCUT2D eigenvalue weighted by atomic mass is 9.95. The summed E-state index contributed by atoms with van der Waals surface area (Å²) in [5.74, 6) is 0.653. The Morgan fingerprint density at radius 2 is 2.00 bits per heavy atom. The van der Waals surface area contributed by atoms with Crippen molar-refractivity contribution in [1.29, 1.82) is 0 Å². The molecular formula is C11H22N4O2S. The highest BCUT2D eigenvalue weighted by atomic mass is 32.2. The lowest BCUT2D eigenvalue weighted by Gasteiger charge is -2.26. The highest BCUT2D eigenvalue weighted by molar-refractivity contribution is 7.89. The number of hydrogen-bond donors (Lipinski definition) is 2. The van der Waals surface area contributed by atoms with Crippen molar-refractivity contribution in [3.63, 3.8) is 0 Å². The van der Waals surface area contributed by atoms with E-state index in [9.17, 15) is 8.42 Å². The SMILES string of the molecule is CCC(N)(CC)CNS(=O)(=O)c1cn(C)c(C)n1. The van der Waals surface area contributed by atoms with Gasteiger partial charge in [-0.3, -0.25) is 0 Å². The number of rotatable bonds is 6. The highest BCUT2D eigenvalue weighted by Crippen LogP contribution is 2.12. The zero-order valence-corrected chi connectivity index (χ0v) is 12.2. The predicted octanol–water partition coefficient (Wildman–Crippen LogP) is 0.524. The van der Waals surface area contributed by atoms with Gasteiger partial charge in [0.15, 0.2) is 5.03 Å². The van der Waals surface area contributed by atoms with Gasteiger partial charge < -0.3 is 10.3 Å². The smallest absolute Gasteiger partial charge is 0.259 e. The molecule has 7 heteroatoms. The van der Waals surface area contributed by atoms with E-state index in [1.165, 1.54) is 6.20 Å². The zero-order valence-electron chi connectivity index (χ0n) is 11.4. The summed E-state index contributed by atoms with van der Waals surface area (Å²) in [6.07, 6.45) is 2.92. The van der Waals surface area contributed by atoms with Crippen molar-refractivity contribution in [2.24, 2.45) is 12.8 Å². The number of nitrogens with two attached hydrogens (primary N) is 1. The van der Waals surface area contributed by atoms with Crippen molar-refractivity contribution in [2.45, 2.75) is 44.2 Å². The lowest BCUT2D eigenvalue weighted by molar-refractivity contribution is 0.391. The van der Waals surface area contributed by atoms with Gasteiger partial charge in [0, 0.05) is 25.3 Å². The first kappa shape index (κ1) is 15.1. The summed E-state index contributed by atoms with van der Waals surface area (Å²) in [4.78, 5) is 4.01. The first-order valence-electron chi connectivity index (χ1n) is 6.02. The maximum absolute atomic E-state index is 12.0. The minimum Gasteiger partial charge on any atom is -0.337 e. The van der Waals surface area contributed by atoms with Crippen LogP contribution in [0.25, 0.3) is 0 Å². The fraction of sp³-hybridized carbons (Fsp3) is 0.727. The van der Waals surface area contributed by atoms with Crippen LogP contribution in [0.5, 0.6) is 0 Å². The molecule has 0 aliphatic carbocycles. The Morgan fingerprint density at radius 3 is 2.39 bits per heavy atom.